The van der Waals surface area contributed by atoms with Crippen LogP contribution in [-0.4, -0.2) is 54.2 Å². The van der Waals surface area contributed by atoms with Crippen LogP contribution in [0.4, 0.5) is 5.00 Å². The average Bonchev–Trinajstić information content (AvgIpc) is 3.57. The lowest BCUT2D eigenvalue weighted by Gasteiger charge is -2.30. The van der Waals surface area contributed by atoms with E-state index in [2.05, 4.69) is 24.1 Å². The number of rotatable bonds is 10. The van der Waals surface area contributed by atoms with Crippen molar-refractivity contribution < 1.29 is 13.2 Å². The number of thiophene rings is 1. The number of benzene rings is 2. The quantitative estimate of drug-likeness (QED) is 0.236. The SMILES string of the molecule is CC(C)N1CCc2c(sc(NC(=O)c3ccc(S(=O)(=O)N(CCC#N)CCC#N)cc3)c2-c2nc3ccccc3s2)C1. The van der Waals surface area contributed by atoms with Crippen LogP contribution in [0.15, 0.2) is 53.4 Å². The molecule has 0 aliphatic carbocycles. The average molecular weight is 619 g/mol. The van der Waals surface area contributed by atoms with E-state index in [0.29, 0.717) is 11.6 Å². The number of carbonyl (C=O) groups excluding carboxylic acids is 1. The summed E-state index contributed by atoms with van der Waals surface area (Å²) in [5.41, 5.74) is 3.44. The largest absolute Gasteiger partial charge is 0.313 e. The minimum absolute atomic E-state index is 0.00505. The Morgan fingerprint density at radius 2 is 1.76 bits per heavy atom. The zero-order valence-corrected chi connectivity index (χ0v) is 25.8. The Labute approximate surface area is 253 Å². The summed E-state index contributed by atoms with van der Waals surface area (Å²) in [5, 5.41) is 22.6. The van der Waals surface area contributed by atoms with Crippen molar-refractivity contribution in [2.75, 3.05) is 25.0 Å². The molecule has 42 heavy (non-hydrogen) atoms. The first-order valence-electron chi connectivity index (χ1n) is 13.6. The number of para-hydroxylation sites is 1. The van der Waals surface area contributed by atoms with Crippen molar-refractivity contribution in [2.24, 2.45) is 0 Å². The van der Waals surface area contributed by atoms with Crippen LogP contribution >= 0.6 is 22.7 Å². The molecule has 5 rings (SSSR count). The highest BCUT2D eigenvalue weighted by Gasteiger charge is 2.29. The van der Waals surface area contributed by atoms with Crippen LogP contribution in [0.5, 0.6) is 0 Å². The van der Waals surface area contributed by atoms with Gasteiger partial charge in [0, 0.05) is 61.1 Å². The lowest BCUT2D eigenvalue weighted by molar-refractivity contribution is 0.102. The molecule has 0 fully saturated rings. The van der Waals surface area contributed by atoms with Gasteiger partial charge in [0.2, 0.25) is 10.0 Å². The molecule has 0 unspecified atom stereocenters. The van der Waals surface area contributed by atoms with Crippen molar-refractivity contribution in [3.05, 3.63) is 64.5 Å². The Morgan fingerprint density at radius 3 is 2.40 bits per heavy atom. The van der Waals surface area contributed by atoms with Crippen molar-refractivity contribution in [3.63, 3.8) is 0 Å². The highest BCUT2D eigenvalue weighted by molar-refractivity contribution is 7.89. The molecule has 2 aromatic heterocycles. The molecular formula is C30H30N6O3S3. The number of thiazole rings is 1. The number of hydrogen-bond acceptors (Lipinski definition) is 9. The number of amides is 1. The van der Waals surface area contributed by atoms with E-state index in [-0.39, 0.29) is 36.7 Å². The van der Waals surface area contributed by atoms with Gasteiger partial charge in [0.15, 0.2) is 0 Å². The third kappa shape index (κ3) is 6.09. The first kappa shape index (κ1) is 29.8. The van der Waals surface area contributed by atoms with Crippen LogP contribution in [0.25, 0.3) is 20.8 Å². The van der Waals surface area contributed by atoms with Crippen molar-refractivity contribution in [1.29, 1.82) is 10.5 Å². The maximum Gasteiger partial charge on any atom is 0.256 e. The predicted molar refractivity (Wildman–Crippen MR) is 166 cm³/mol. The number of fused-ring (bicyclic) bond motifs is 2. The minimum Gasteiger partial charge on any atom is -0.313 e. The maximum atomic E-state index is 13.5. The first-order valence-corrected chi connectivity index (χ1v) is 16.7. The Morgan fingerprint density at radius 1 is 1.07 bits per heavy atom. The second-order valence-corrected chi connectivity index (χ2v) is 14.3. The zero-order chi connectivity index (χ0) is 29.9. The second-order valence-electron chi connectivity index (χ2n) is 10.2. The molecule has 1 aliphatic heterocycles. The van der Waals surface area contributed by atoms with Gasteiger partial charge in [0.25, 0.3) is 5.91 Å². The van der Waals surface area contributed by atoms with Gasteiger partial charge in [-0.2, -0.15) is 14.8 Å². The van der Waals surface area contributed by atoms with Gasteiger partial charge >= 0.3 is 0 Å². The van der Waals surface area contributed by atoms with Crippen LogP contribution in [0, 0.1) is 22.7 Å². The molecule has 4 aromatic rings. The minimum atomic E-state index is -3.93. The lowest BCUT2D eigenvalue weighted by Crippen LogP contribution is -2.35. The van der Waals surface area contributed by atoms with Crippen molar-refractivity contribution in [2.45, 2.75) is 50.6 Å². The number of aromatic nitrogens is 1. The summed E-state index contributed by atoms with van der Waals surface area (Å²) in [6.45, 7) is 6.11. The molecule has 0 bridgehead atoms. The molecular weight excluding hydrogens is 589 g/mol. The molecule has 1 aliphatic rings. The summed E-state index contributed by atoms with van der Waals surface area (Å²) in [5.74, 6) is -0.341. The molecule has 0 saturated carbocycles. The Balaban J connectivity index is 1.44. The van der Waals surface area contributed by atoms with E-state index in [4.69, 9.17) is 15.5 Å². The van der Waals surface area contributed by atoms with Crippen LogP contribution in [0.1, 0.15) is 47.5 Å². The molecule has 1 N–H and O–H groups in total. The van der Waals surface area contributed by atoms with E-state index in [1.807, 2.05) is 36.4 Å². The van der Waals surface area contributed by atoms with Gasteiger partial charge in [-0.3, -0.25) is 9.69 Å². The number of hydrogen-bond donors (Lipinski definition) is 1. The topological polar surface area (TPSA) is 130 Å². The smallest absolute Gasteiger partial charge is 0.256 e. The first-order chi connectivity index (χ1) is 20.2. The maximum absolute atomic E-state index is 13.5. The number of anilines is 1. The third-order valence-electron chi connectivity index (χ3n) is 7.25. The van der Waals surface area contributed by atoms with Gasteiger partial charge in [0.1, 0.15) is 10.0 Å². The summed E-state index contributed by atoms with van der Waals surface area (Å²) >= 11 is 3.18. The van der Waals surface area contributed by atoms with Gasteiger partial charge in [-0.1, -0.05) is 12.1 Å². The molecule has 0 spiro atoms. The molecule has 12 heteroatoms. The summed E-state index contributed by atoms with van der Waals surface area (Å²) in [6, 6.07) is 18.1. The fraction of sp³-hybridized carbons (Fsp3) is 0.333. The van der Waals surface area contributed by atoms with Gasteiger partial charge < -0.3 is 5.32 Å². The molecule has 9 nitrogen and oxygen atoms in total. The molecule has 3 heterocycles. The Bertz CT molecular complexity index is 1750. The van der Waals surface area contributed by atoms with Gasteiger partial charge in [-0.25, -0.2) is 13.4 Å². The van der Waals surface area contributed by atoms with Crippen molar-refractivity contribution in [3.8, 4) is 22.7 Å². The predicted octanol–water partition coefficient (Wildman–Crippen LogP) is 5.86. The van der Waals surface area contributed by atoms with E-state index in [1.54, 1.807) is 22.7 Å². The highest BCUT2D eigenvalue weighted by Crippen LogP contribution is 2.46. The van der Waals surface area contributed by atoms with Crippen LogP contribution in [-0.2, 0) is 23.0 Å². The standard InChI is InChI=1S/C30H30N6O3S3/c1-20(2)35-18-13-23-26(19-35)41-30(27(23)29-33-24-7-3-4-8-25(24)40-29)34-28(37)21-9-11-22(12-10-21)42(38,39)36(16-5-14-31)17-6-15-32/h3-4,7-12,20H,5-6,13,16-19H2,1-2H3,(H,34,37). The fourth-order valence-electron chi connectivity index (χ4n) is 4.96. The van der Waals surface area contributed by atoms with E-state index in [1.165, 1.54) is 34.7 Å². The Kier molecular flexibility index (Phi) is 9.02. The van der Waals surface area contributed by atoms with Gasteiger partial charge in [0.05, 0.1) is 27.3 Å². The number of nitrogens with zero attached hydrogens (tertiary/aromatic N) is 5. The normalized spacial score (nSPS) is 13.7. The fourth-order valence-corrected chi connectivity index (χ4v) is 8.78. The molecule has 2 aromatic carbocycles. The number of carbonyl (C=O) groups is 1. The molecule has 216 valence electrons. The van der Waals surface area contributed by atoms with Crippen molar-refractivity contribution >= 4 is 53.8 Å². The van der Waals surface area contributed by atoms with Crippen LogP contribution in [0.3, 0.4) is 0 Å². The monoisotopic (exact) mass is 618 g/mol. The summed E-state index contributed by atoms with van der Waals surface area (Å²) in [4.78, 5) is 22.0. The van der Waals surface area contributed by atoms with Crippen LogP contribution in [0.2, 0.25) is 0 Å². The summed E-state index contributed by atoms with van der Waals surface area (Å²) in [6.07, 6.45) is 0.898. The molecule has 1 amide bonds. The molecule has 0 radical (unpaired) electrons. The van der Waals surface area contributed by atoms with E-state index in [0.717, 1.165) is 49.6 Å². The van der Waals surface area contributed by atoms with E-state index < -0.39 is 10.0 Å². The van der Waals surface area contributed by atoms with E-state index in [9.17, 15) is 13.2 Å². The second kappa shape index (κ2) is 12.7. The number of nitrogens with one attached hydrogen (secondary N) is 1. The zero-order valence-electron chi connectivity index (χ0n) is 23.3. The molecule has 0 atom stereocenters. The van der Waals surface area contributed by atoms with E-state index >= 15 is 0 Å². The third-order valence-corrected chi connectivity index (χ3v) is 11.4. The van der Waals surface area contributed by atoms with Gasteiger partial charge in [-0.15, -0.1) is 22.7 Å². The van der Waals surface area contributed by atoms with Crippen molar-refractivity contribution in [1.82, 2.24) is 14.2 Å². The Hall–Kier alpha value is -3.65. The molecule has 0 saturated heterocycles. The highest BCUT2D eigenvalue weighted by atomic mass is 32.2. The number of sulfonamides is 1. The number of nitriles is 2. The summed E-state index contributed by atoms with van der Waals surface area (Å²) in [7, 11) is -3.93. The van der Waals surface area contributed by atoms with Crippen LogP contribution < -0.4 is 5.32 Å². The van der Waals surface area contributed by atoms with Gasteiger partial charge in [-0.05, 0) is 62.2 Å². The summed E-state index contributed by atoms with van der Waals surface area (Å²) < 4.78 is 28.6. The lowest BCUT2D eigenvalue weighted by atomic mass is 10.0.